The summed E-state index contributed by atoms with van der Waals surface area (Å²) in [6.45, 7) is 0. The number of rotatable bonds is 3. The maximum atomic E-state index is 8.90. The molecule has 2 nitrogen and oxygen atoms in total. The lowest BCUT2D eigenvalue weighted by molar-refractivity contribution is 1.15. The smallest absolute Gasteiger partial charge is 0.0788 e. The van der Waals surface area contributed by atoms with E-state index in [0.29, 0.717) is 0 Å². The number of benzene rings is 6. The molecule has 2 heterocycles. The highest BCUT2D eigenvalue weighted by Gasteiger charge is 2.20. The molecule has 0 fully saturated rings. The van der Waals surface area contributed by atoms with Crippen LogP contribution in [0.5, 0.6) is 0 Å². The Morgan fingerprint density at radius 3 is 1.50 bits per heavy atom. The van der Waals surface area contributed by atoms with E-state index in [4.69, 9.17) is 6.85 Å². The van der Waals surface area contributed by atoms with E-state index >= 15 is 0 Å². The fourth-order valence-corrected chi connectivity index (χ4v) is 5.79. The van der Waals surface area contributed by atoms with Gasteiger partial charge in [-0.2, -0.15) is 0 Å². The zero-order chi connectivity index (χ0) is 29.4. The Hall–Kier alpha value is -5.08. The standard InChI is InChI=1S/C36H24N2/c1-3-11-25(12-4-1)26-19-21-28(22-20-26)38-34-18-10-8-16-30(34)32-24-23-31-29-15-7-9-17-33(29)37(35(31)36(32)38)27-13-5-2-6-14-27/h1-24H/i2D,5D,6D,13D,14D. The first-order valence-corrected chi connectivity index (χ1v) is 12.6. The zero-order valence-electron chi connectivity index (χ0n) is 25.4. The summed E-state index contributed by atoms with van der Waals surface area (Å²) < 4.78 is 47.0. The molecule has 0 spiro atoms. The molecule has 8 rings (SSSR count). The predicted molar refractivity (Wildman–Crippen MR) is 161 cm³/mol. The molecular weight excluding hydrogens is 460 g/mol. The van der Waals surface area contributed by atoms with Crippen LogP contribution in [0, 0.1) is 0 Å². The van der Waals surface area contributed by atoms with E-state index in [-0.39, 0.29) is 29.9 Å². The van der Waals surface area contributed by atoms with E-state index in [9.17, 15) is 0 Å². The van der Waals surface area contributed by atoms with Crippen molar-refractivity contribution in [2.45, 2.75) is 0 Å². The Morgan fingerprint density at radius 1 is 0.395 bits per heavy atom. The molecule has 0 saturated carbocycles. The molecular formula is C36H24N2. The van der Waals surface area contributed by atoms with Crippen LogP contribution in [0.4, 0.5) is 0 Å². The average molecular weight is 490 g/mol. The highest BCUT2D eigenvalue weighted by Crippen LogP contribution is 2.41. The van der Waals surface area contributed by atoms with Crippen LogP contribution in [-0.4, -0.2) is 9.13 Å². The monoisotopic (exact) mass is 489 g/mol. The first kappa shape index (κ1) is 16.6. The quantitative estimate of drug-likeness (QED) is 0.234. The van der Waals surface area contributed by atoms with Gasteiger partial charge in [0.05, 0.1) is 28.9 Å². The minimum atomic E-state index is -0.405. The molecule has 0 radical (unpaired) electrons. The van der Waals surface area contributed by atoms with Gasteiger partial charge in [-0.05, 0) is 47.5 Å². The minimum absolute atomic E-state index is 0.140. The van der Waals surface area contributed by atoms with Crippen molar-refractivity contribution in [2.75, 3.05) is 0 Å². The summed E-state index contributed by atoms with van der Waals surface area (Å²) in [5.74, 6) is 0. The Labute approximate surface area is 227 Å². The molecule has 0 atom stereocenters. The van der Waals surface area contributed by atoms with Gasteiger partial charge < -0.3 is 9.13 Å². The van der Waals surface area contributed by atoms with Gasteiger partial charge in [0, 0.05) is 32.9 Å². The highest BCUT2D eigenvalue weighted by atomic mass is 15.0. The first-order valence-electron chi connectivity index (χ1n) is 15.1. The summed E-state index contributed by atoms with van der Waals surface area (Å²) in [7, 11) is 0. The van der Waals surface area contributed by atoms with Crippen LogP contribution >= 0.6 is 0 Å². The first-order chi connectivity index (χ1) is 21.0. The molecule has 0 saturated heterocycles. The number of hydrogen-bond donors (Lipinski definition) is 0. The van der Waals surface area contributed by atoms with Gasteiger partial charge >= 0.3 is 0 Å². The number of fused-ring (bicyclic) bond motifs is 7. The van der Waals surface area contributed by atoms with Crippen molar-refractivity contribution in [2.24, 2.45) is 0 Å². The van der Waals surface area contributed by atoms with Gasteiger partial charge in [0.25, 0.3) is 0 Å². The van der Waals surface area contributed by atoms with Crippen molar-refractivity contribution in [1.82, 2.24) is 9.13 Å². The summed E-state index contributed by atoms with van der Waals surface area (Å²) in [6.07, 6.45) is 0. The normalized spacial score (nSPS) is 13.5. The van der Waals surface area contributed by atoms with Gasteiger partial charge in [0.15, 0.2) is 0 Å². The van der Waals surface area contributed by atoms with E-state index in [0.717, 1.165) is 60.4 Å². The third kappa shape index (κ3) is 3.01. The second-order valence-electron chi connectivity index (χ2n) is 9.45. The lowest BCUT2D eigenvalue weighted by atomic mass is 10.1. The van der Waals surface area contributed by atoms with E-state index in [1.54, 1.807) is 0 Å². The van der Waals surface area contributed by atoms with Gasteiger partial charge in [-0.1, -0.05) is 109 Å². The second kappa shape index (κ2) is 8.22. The van der Waals surface area contributed by atoms with Gasteiger partial charge in [0.1, 0.15) is 0 Å². The van der Waals surface area contributed by atoms with Crippen LogP contribution in [0.2, 0.25) is 0 Å². The third-order valence-corrected chi connectivity index (χ3v) is 7.41. The number of aromatic nitrogens is 2. The summed E-state index contributed by atoms with van der Waals surface area (Å²) in [5, 5.41) is 3.98. The average Bonchev–Trinajstić information content (AvgIpc) is 3.57. The van der Waals surface area contributed by atoms with E-state index in [1.807, 2.05) is 59.2 Å². The largest absolute Gasteiger partial charge is 0.307 e. The van der Waals surface area contributed by atoms with Crippen molar-refractivity contribution in [3.8, 4) is 22.5 Å². The fraction of sp³-hybridized carbons (Fsp3) is 0. The van der Waals surface area contributed by atoms with E-state index in [2.05, 4.69) is 65.2 Å². The Kier molecular flexibility index (Phi) is 3.60. The molecule has 38 heavy (non-hydrogen) atoms. The highest BCUT2D eigenvalue weighted by molar-refractivity contribution is 6.23. The van der Waals surface area contributed by atoms with Crippen LogP contribution < -0.4 is 0 Å². The molecule has 178 valence electrons. The molecule has 0 aliphatic rings. The van der Waals surface area contributed by atoms with Crippen molar-refractivity contribution in [1.29, 1.82) is 0 Å². The summed E-state index contributed by atoms with van der Waals surface area (Å²) in [4.78, 5) is 0. The Morgan fingerprint density at radius 2 is 0.895 bits per heavy atom. The second-order valence-corrected chi connectivity index (χ2v) is 9.45. The molecule has 0 aliphatic carbocycles. The van der Waals surface area contributed by atoms with Crippen molar-refractivity contribution < 1.29 is 6.85 Å². The van der Waals surface area contributed by atoms with Gasteiger partial charge in [-0.15, -0.1) is 0 Å². The molecule has 0 aliphatic heterocycles. The maximum absolute atomic E-state index is 8.90. The topological polar surface area (TPSA) is 9.86 Å². The lowest BCUT2D eigenvalue weighted by Gasteiger charge is -2.13. The number of nitrogens with zero attached hydrogens (tertiary/aromatic N) is 2. The summed E-state index contributed by atoms with van der Waals surface area (Å²) in [6, 6.07) is 37.5. The molecule has 0 unspecified atom stereocenters. The van der Waals surface area contributed by atoms with Crippen LogP contribution in [0.1, 0.15) is 6.85 Å². The summed E-state index contributed by atoms with van der Waals surface area (Å²) >= 11 is 0. The molecule has 0 bridgehead atoms. The SMILES string of the molecule is [2H]c1c([2H])c([2H])c(-n2c3ccccc3c3ccc4c5ccccc5n(-c5ccc(-c6ccccc6)cc5)c4c32)c([2H])c1[2H]. The Bertz CT molecular complexity index is 2360. The van der Waals surface area contributed by atoms with E-state index in [1.165, 1.54) is 0 Å². The van der Waals surface area contributed by atoms with E-state index < -0.39 is 6.04 Å². The van der Waals surface area contributed by atoms with Crippen LogP contribution in [-0.2, 0) is 0 Å². The van der Waals surface area contributed by atoms with Crippen LogP contribution in [0.3, 0.4) is 0 Å². The molecule has 6 aromatic carbocycles. The Balaban J connectivity index is 1.56. The van der Waals surface area contributed by atoms with Crippen molar-refractivity contribution in [3.05, 3.63) is 145 Å². The third-order valence-electron chi connectivity index (χ3n) is 7.41. The molecule has 2 aromatic heterocycles. The van der Waals surface area contributed by atoms with Gasteiger partial charge in [-0.25, -0.2) is 0 Å². The lowest BCUT2D eigenvalue weighted by Crippen LogP contribution is -1.98. The fourth-order valence-electron chi connectivity index (χ4n) is 5.79. The molecule has 8 aromatic rings. The summed E-state index contributed by atoms with van der Waals surface area (Å²) in [5.41, 5.74) is 6.87. The minimum Gasteiger partial charge on any atom is -0.307 e. The van der Waals surface area contributed by atoms with Crippen molar-refractivity contribution >= 4 is 43.6 Å². The predicted octanol–water partition coefficient (Wildman–Crippen LogP) is 9.55. The zero-order valence-corrected chi connectivity index (χ0v) is 20.4. The molecule has 0 amide bonds. The molecule has 0 N–H and O–H groups in total. The van der Waals surface area contributed by atoms with Crippen molar-refractivity contribution in [3.63, 3.8) is 0 Å². The van der Waals surface area contributed by atoms with Crippen LogP contribution in [0.15, 0.2) is 145 Å². The number of hydrogen-bond acceptors (Lipinski definition) is 0. The van der Waals surface area contributed by atoms with Gasteiger partial charge in [0.2, 0.25) is 0 Å². The maximum Gasteiger partial charge on any atom is 0.0788 e. The van der Waals surface area contributed by atoms with Gasteiger partial charge in [-0.3, -0.25) is 0 Å². The van der Waals surface area contributed by atoms with Crippen LogP contribution in [0.25, 0.3) is 66.1 Å². The number of para-hydroxylation sites is 3. The molecule has 2 heteroatoms.